The van der Waals surface area contributed by atoms with Gasteiger partial charge in [-0.2, -0.15) is 8.42 Å². The number of rotatable bonds is 9. The van der Waals surface area contributed by atoms with Crippen molar-refractivity contribution in [3.8, 4) is 0 Å². The second-order valence-electron chi connectivity index (χ2n) is 9.12. The van der Waals surface area contributed by atoms with Gasteiger partial charge in [-0.1, -0.05) is 44.2 Å². The van der Waals surface area contributed by atoms with E-state index in [1.54, 1.807) is 4.90 Å². The minimum Gasteiger partial charge on any atom is -0.340 e. The number of nitrogens with zero attached hydrogens (tertiary/aromatic N) is 2. The molecule has 1 aliphatic rings. The molecule has 1 aliphatic heterocycles. The van der Waals surface area contributed by atoms with E-state index >= 15 is 0 Å². The van der Waals surface area contributed by atoms with Crippen LogP contribution in [-0.2, 0) is 26.0 Å². The van der Waals surface area contributed by atoms with Crippen molar-refractivity contribution < 1.29 is 27.6 Å². The first-order valence-corrected chi connectivity index (χ1v) is 12.5. The quantitative estimate of drug-likeness (QED) is 0.411. The van der Waals surface area contributed by atoms with E-state index in [4.69, 9.17) is 5.73 Å². The summed E-state index contributed by atoms with van der Waals surface area (Å²) in [4.78, 5) is 27.6. The Hall–Kier alpha value is -2.82. The summed E-state index contributed by atoms with van der Waals surface area (Å²) in [5.41, 5.74) is 6.09. The molecule has 0 aliphatic carbocycles. The van der Waals surface area contributed by atoms with Crippen LogP contribution in [0.3, 0.4) is 0 Å². The molecule has 8 nitrogen and oxygen atoms in total. The zero-order valence-electron chi connectivity index (χ0n) is 19.2. The normalized spacial score (nSPS) is 20.7. The summed E-state index contributed by atoms with van der Waals surface area (Å²) in [6.07, 6.45) is 0.297. The predicted octanol–water partition coefficient (Wildman–Crippen LogP) is 2.57. The lowest BCUT2D eigenvalue weighted by atomic mass is 9.73. The van der Waals surface area contributed by atoms with E-state index in [-0.39, 0.29) is 29.3 Å². The fourth-order valence-electron chi connectivity index (χ4n) is 4.49. The highest BCUT2D eigenvalue weighted by atomic mass is 32.2. The molecule has 2 unspecified atom stereocenters. The molecule has 3 N–H and O–H groups in total. The summed E-state index contributed by atoms with van der Waals surface area (Å²) in [6.45, 7) is 4.39. The lowest BCUT2D eigenvalue weighted by Crippen LogP contribution is -2.48. The van der Waals surface area contributed by atoms with Crippen LogP contribution in [0.1, 0.15) is 32.3 Å². The molecule has 3 rings (SSSR count). The van der Waals surface area contributed by atoms with Gasteiger partial charge in [0.1, 0.15) is 5.82 Å². The van der Waals surface area contributed by atoms with Crippen molar-refractivity contribution in [2.75, 3.05) is 13.1 Å². The second kappa shape index (κ2) is 10.2. The van der Waals surface area contributed by atoms with Crippen LogP contribution in [0.2, 0.25) is 0 Å². The first-order chi connectivity index (χ1) is 16.0. The summed E-state index contributed by atoms with van der Waals surface area (Å²) in [5, 5.41) is 10.3. The van der Waals surface area contributed by atoms with Gasteiger partial charge in [-0.25, -0.2) is 4.39 Å². The minimum atomic E-state index is -4.64. The molecule has 0 spiro atoms. The highest BCUT2D eigenvalue weighted by Crippen LogP contribution is 2.41. The van der Waals surface area contributed by atoms with Crippen molar-refractivity contribution >= 4 is 21.8 Å². The van der Waals surface area contributed by atoms with Gasteiger partial charge < -0.3 is 10.6 Å². The van der Waals surface area contributed by atoms with Crippen LogP contribution in [0.5, 0.6) is 0 Å². The molecule has 2 aromatic carbocycles. The second-order valence-corrected chi connectivity index (χ2v) is 10.9. The molecule has 1 heterocycles. The third-order valence-corrected chi connectivity index (χ3v) is 7.67. The van der Waals surface area contributed by atoms with E-state index in [1.807, 2.05) is 44.2 Å². The van der Waals surface area contributed by atoms with Crippen molar-refractivity contribution in [3.63, 3.8) is 0 Å². The molecular weight excluding hydrogens is 461 g/mol. The number of hydroxylamine groups is 1. The lowest BCUT2D eigenvalue weighted by Gasteiger charge is -2.33. The predicted molar refractivity (Wildman–Crippen MR) is 123 cm³/mol. The topological polar surface area (TPSA) is 121 Å². The molecule has 184 valence electrons. The van der Waals surface area contributed by atoms with Gasteiger partial charge in [-0.3, -0.25) is 14.8 Å². The maximum Gasteiger partial charge on any atom is 0.289 e. The number of carbonyl (C=O) groups excluding carboxylic acids is 2. The fourth-order valence-corrected chi connectivity index (χ4v) is 5.51. The summed E-state index contributed by atoms with van der Waals surface area (Å²) < 4.78 is 38.2. The van der Waals surface area contributed by atoms with Crippen molar-refractivity contribution in [1.82, 2.24) is 9.37 Å². The molecule has 34 heavy (non-hydrogen) atoms. The maximum atomic E-state index is 13.5. The number of hydrogen-bond acceptors (Lipinski definition) is 6. The Labute approximate surface area is 199 Å². The number of nitrogens with two attached hydrogens (primary N) is 1. The van der Waals surface area contributed by atoms with Crippen molar-refractivity contribution in [1.29, 1.82) is 0 Å². The highest BCUT2D eigenvalue weighted by Gasteiger charge is 2.54. The van der Waals surface area contributed by atoms with Crippen LogP contribution in [0.15, 0.2) is 59.5 Å². The molecule has 2 atom stereocenters. The van der Waals surface area contributed by atoms with Crippen LogP contribution < -0.4 is 5.73 Å². The van der Waals surface area contributed by atoms with Gasteiger partial charge in [-0.05, 0) is 48.6 Å². The summed E-state index contributed by atoms with van der Waals surface area (Å²) in [5.74, 6) is -2.18. The molecule has 0 bridgehead atoms. The number of sulfonamides is 1. The number of hydrogen-bond donors (Lipinski definition) is 2. The Balaban J connectivity index is 1.81. The van der Waals surface area contributed by atoms with Crippen LogP contribution in [-0.4, -0.2) is 53.9 Å². The van der Waals surface area contributed by atoms with E-state index in [1.165, 1.54) is 0 Å². The number of likely N-dealkylation sites (tertiary alicyclic amines) is 1. The third kappa shape index (κ3) is 5.29. The Bertz CT molecular complexity index is 1130. The third-order valence-electron chi connectivity index (χ3n) is 6.14. The van der Waals surface area contributed by atoms with E-state index in [9.17, 15) is 27.6 Å². The minimum absolute atomic E-state index is 0.0160. The molecule has 10 heteroatoms. The molecule has 1 fully saturated rings. The Kier molecular flexibility index (Phi) is 7.74. The standard InChI is InChI=1S/C24H30FN3O5S/c1-17(2)14-24(15-22(29)28(31)34(32,33)20-10-8-19(25)9-11-20)21(26)16-27(23(24)30)13-12-18-6-4-3-5-7-18/h3-11,17,21,31H,12-16,26H2,1-2H3. The van der Waals surface area contributed by atoms with E-state index in [0.717, 1.165) is 29.8 Å². The summed E-state index contributed by atoms with van der Waals surface area (Å²) >= 11 is 0. The van der Waals surface area contributed by atoms with Gasteiger partial charge in [0.05, 0.1) is 10.3 Å². The van der Waals surface area contributed by atoms with Gasteiger partial charge in [0.25, 0.3) is 15.9 Å². The number of halogens is 1. The van der Waals surface area contributed by atoms with Gasteiger partial charge in [-0.15, -0.1) is 4.47 Å². The van der Waals surface area contributed by atoms with Crippen LogP contribution in [0.4, 0.5) is 4.39 Å². The molecule has 0 radical (unpaired) electrons. The van der Waals surface area contributed by atoms with Gasteiger partial charge >= 0.3 is 0 Å². The molecule has 0 aromatic heterocycles. The summed E-state index contributed by atoms with van der Waals surface area (Å²) in [6, 6.07) is 12.6. The highest BCUT2D eigenvalue weighted by molar-refractivity contribution is 7.89. The fraction of sp³-hybridized carbons (Fsp3) is 0.417. The largest absolute Gasteiger partial charge is 0.340 e. The number of benzene rings is 2. The van der Waals surface area contributed by atoms with Gasteiger partial charge in [0.15, 0.2) is 0 Å². The van der Waals surface area contributed by atoms with Crippen molar-refractivity contribution in [2.24, 2.45) is 17.1 Å². The van der Waals surface area contributed by atoms with Gasteiger partial charge in [0, 0.05) is 25.6 Å². The number of carbonyl (C=O) groups is 2. The Morgan fingerprint density at radius 1 is 1.21 bits per heavy atom. The zero-order valence-corrected chi connectivity index (χ0v) is 20.0. The van der Waals surface area contributed by atoms with E-state index < -0.39 is 44.5 Å². The molecule has 2 aromatic rings. The SMILES string of the molecule is CC(C)CC1(CC(=O)N(O)S(=O)(=O)c2ccc(F)cc2)C(=O)N(CCc2ccccc2)CC1N. The first-order valence-electron chi connectivity index (χ1n) is 11.1. The lowest BCUT2D eigenvalue weighted by molar-refractivity contribution is -0.153. The van der Waals surface area contributed by atoms with E-state index in [0.29, 0.717) is 13.0 Å². The monoisotopic (exact) mass is 491 g/mol. The number of amides is 2. The average molecular weight is 492 g/mol. The van der Waals surface area contributed by atoms with E-state index in [2.05, 4.69) is 0 Å². The molecule has 0 saturated carbocycles. The van der Waals surface area contributed by atoms with Crippen LogP contribution in [0.25, 0.3) is 0 Å². The summed E-state index contributed by atoms with van der Waals surface area (Å²) in [7, 11) is -4.64. The maximum absolute atomic E-state index is 13.5. The Morgan fingerprint density at radius 3 is 2.41 bits per heavy atom. The van der Waals surface area contributed by atoms with Crippen LogP contribution >= 0.6 is 0 Å². The molecule has 2 amide bonds. The molecule has 1 saturated heterocycles. The average Bonchev–Trinajstić information content (AvgIpc) is 3.01. The first kappa shape index (κ1) is 25.8. The van der Waals surface area contributed by atoms with Crippen LogP contribution in [0, 0.1) is 17.2 Å². The van der Waals surface area contributed by atoms with Gasteiger partial charge in [0.2, 0.25) is 5.91 Å². The van der Waals surface area contributed by atoms with Crippen molar-refractivity contribution in [2.45, 2.75) is 44.0 Å². The smallest absolute Gasteiger partial charge is 0.289 e. The zero-order chi connectivity index (χ0) is 25.1. The molecular formula is C24H30FN3O5S. The van der Waals surface area contributed by atoms with Crippen molar-refractivity contribution in [3.05, 3.63) is 66.0 Å². The Morgan fingerprint density at radius 2 is 1.82 bits per heavy atom.